The highest BCUT2D eigenvalue weighted by molar-refractivity contribution is 6.29. The Bertz CT molecular complexity index is 961. The van der Waals surface area contributed by atoms with E-state index < -0.39 is 11.6 Å². The summed E-state index contributed by atoms with van der Waals surface area (Å²) in [5.74, 6) is -1.28. The summed E-state index contributed by atoms with van der Waals surface area (Å²) in [4.78, 5) is 7.80. The molecule has 0 fully saturated rings. The first-order valence-electron chi connectivity index (χ1n) is 7.10. The maximum absolute atomic E-state index is 13.7. The molecule has 1 aromatic carbocycles. The molecule has 0 radical (unpaired) electrons. The first-order valence-corrected chi connectivity index (χ1v) is 7.48. The standard InChI is InChI=1S/C16H12ClF2N5/c1-9-11-4-10(7-20)24(13(11)5-12(18)16(9)19)3-2-21-15-6-14(17)22-8-23-15/h4-6,8H,2-3H2,1H3,(H,21,22,23). The van der Waals surface area contributed by atoms with Crippen LogP contribution in [0.5, 0.6) is 0 Å². The molecule has 122 valence electrons. The van der Waals surface area contributed by atoms with Gasteiger partial charge in [0.2, 0.25) is 0 Å². The second-order valence-electron chi connectivity index (χ2n) is 5.18. The number of aryl methyl sites for hydroxylation is 1. The molecule has 1 N–H and O–H groups in total. The van der Waals surface area contributed by atoms with Crippen molar-refractivity contribution < 1.29 is 8.78 Å². The van der Waals surface area contributed by atoms with Crippen molar-refractivity contribution in [3.05, 3.63) is 52.6 Å². The highest BCUT2D eigenvalue weighted by Crippen LogP contribution is 2.27. The number of benzene rings is 1. The maximum atomic E-state index is 13.7. The van der Waals surface area contributed by atoms with Crippen LogP contribution in [0.1, 0.15) is 11.3 Å². The number of fused-ring (bicyclic) bond motifs is 1. The van der Waals surface area contributed by atoms with Crippen LogP contribution in [0, 0.1) is 29.9 Å². The first kappa shape index (κ1) is 16.1. The van der Waals surface area contributed by atoms with Crippen LogP contribution in [0.2, 0.25) is 5.15 Å². The summed E-state index contributed by atoms with van der Waals surface area (Å²) in [6.07, 6.45) is 1.33. The molecule has 0 unspecified atom stereocenters. The fourth-order valence-corrected chi connectivity index (χ4v) is 2.71. The van der Waals surface area contributed by atoms with Crippen molar-refractivity contribution in [2.24, 2.45) is 0 Å². The van der Waals surface area contributed by atoms with Crippen molar-refractivity contribution in [2.75, 3.05) is 11.9 Å². The molecule has 0 saturated carbocycles. The Morgan fingerprint density at radius 1 is 1.29 bits per heavy atom. The van der Waals surface area contributed by atoms with Crippen LogP contribution in [0.4, 0.5) is 14.6 Å². The molecule has 2 aromatic heterocycles. The van der Waals surface area contributed by atoms with Gasteiger partial charge in [0.25, 0.3) is 0 Å². The highest BCUT2D eigenvalue weighted by Gasteiger charge is 2.16. The number of nitrogens with zero attached hydrogens (tertiary/aromatic N) is 4. The van der Waals surface area contributed by atoms with Crippen LogP contribution in [0.15, 0.2) is 24.5 Å². The summed E-state index contributed by atoms with van der Waals surface area (Å²) < 4.78 is 29.1. The molecule has 3 rings (SSSR count). The third-order valence-electron chi connectivity index (χ3n) is 3.73. The van der Waals surface area contributed by atoms with Crippen molar-refractivity contribution in [2.45, 2.75) is 13.5 Å². The summed E-state index contributed by atoms with van der Waals surface area (Å²) in [6.45, 7) is 2.29. The Hall–Kier alpha value is -2.72. The van der Waals surface area contributed by atoms with Crippen LogP contribution in [0.25, 0.3) is 10.9 Å². The van der Waals surface area contributed by atoms with Gasteiger partial charge >= 0.3 is 0 Å². The number of nitrogens with one attached hydrogen (secondary N) is 1. The first-order chi connectivity index (χ1) is 11.5. The molecule has 24 heavy (non-hydrogen) atoms. The fraction of sp³-hybridized carbons (Fsp3) is 0.188. The molecule has 0 bridgehead atoms. The van der Waals surface area contributed by atoms with Crippen molar-refractivity contribution >= 4 is 28.3 Å². The number of aromatic nitrogens is 3. The zero-order valence-corrected chi connectivity index (χ0v) is 13.4. The van der Waals surface area contributed by atoms with E-state index in [9.17, 15) is 14.0 Å². The normalized spacial score (nSPS) is 10.8. The van der Waals surface area contributed by atoms with Gasteiger partial charge in [0.1, 0.15) is 29.1 Å². The van der Waals surface area contributed by atoms with E-state index in [1.807, 2.05) is 0 Å². The zero-order chi connectivity index (χ0) is 17.3. The van der Waals surface area contributed by atoms with E-state index >= 15 is 0 Å². The Morgan fingerprint density at radius 2 is 2.08 bits per heavy atom. The summed E-state index contributed by atoms with van der Waals surface area (Å²) in [5.41, 5.74) is 1.00. The topological polar surface area (TPSA) is 66.5 Å². The van der Waals surface area contributed by atoms with Gasteiger partial charge in [-0.25, -0.2) is 18.7 Å². The van der Waals surface area contributed by atoms with E-state index in [1.54, 1.807) is 16.7 Å². The lowest BCUT2D eigenvalue weighted by atomic mass is 10.1. The van der Waals surface area contributed by atoms with Crippen LogP contribution < -0.4 is 5.32 Å². The SMILES string of the molecule is Cc1c(F)c(F)cc2c1cc(C#N)n2CCNc1cc(Cl)ncn1. The monoisotopic (exact) mass is 347 g/mol. The average Bonchev–Trinajstić information content (AvgIpc) is 2.91. The molecular formula is C16H12ClF2N5. The second-order valence-corrected chi connectivity index (χ2v) is 5.56. The van der Waals surface area contributed by atoms with Gasteiger partial charge in [-0.05, 0) is 18.6 Å². The number of hydrogen-bond acceptors (Lipinski definition) is 4. The molecule has 3 aromatic rings. The van der Waals surface area contributed by atoms with E-state index in [2.05, 4.69) is 21.4 Å². The lowest BCUT2D eigenvalue weighted by Gasteiger charge is -2.10. The van der Waals surface area contributed by atoms with Gasteiger partial charge in [-0.1, -0.05) is 11.6 Å². The van der Waals surface area contributed by atoms with E-state index in [-0.39, 0.29) is 5.56 Å². The third-order valence-corrected chi connectivity index (χ3v) is 3.94. The van der Waals surface area contributed by atoms with Gasteiger partial charge < -0.3 is 9.88 Å². The molecule has 8 heteroatoms. The van der Waals surface area contributed by atoms with Gasteiger partial charge in [-0.2, -0.15) is 5.26 Å². The molecule has 0 spiro atoms. The summed E-state index contributed by atoms with van der Waals surface area (Å²) in [6, 6.07) is 6.30. The van der Waals surface area contributed by atoms with Crippen molar-refractivity contribution in [3.63, 3.8) is 0 Å². The van der Waals surface area contributed by atoms with Crippen LogP contribution in [-0.2, 0) is 6.54 Å². The number of anilines is 1. The average molecular weight is 348 g/mol. The van der Waals surface area contributed by atoms with E-state index in [0.717, 1.165) is 6.07 Å². The lowest BCUT2D eigenvalue weighted by Crippen LogP contribution is -2.12. The largest absolute Gasteiger partial charge is 0.368 e. The van der Waals surface area contributed by atoms with E-state index in [4.69, 9.17) is 11.6 Å². The van der Waals surface area contributed by atoms with Crippen molar-refractivity contribution in [1.82, 2.24) is 14.5 Å². The molecule has 0 aliphatic carbocycles. The van der Waals surface area contributed by atoms with Crippen LogP contribution in [-0.4, -0.2) is 21.1 Å². The minimum Gasteiger partial charge on any atom is -0.368 e. The predicted molar refractivity (Wildman–Crippen MR) is 86.8 cm³/mol. The summed E-state index contributed by atoms with van der Waals surface area (Å²) in [5, 5.41) is 13.2. The maximum Gasteiger partial charge on any atom is 0.162 e. The minimum atomic E-state index is -0.931. The van der Waals surface area contributed by atoms with E-state index in [1.165, 1.54) is 13.3 Å². The second kappa shape index (κ2) is 6.42. The Morgan fingerprint density at radius 3 is 2.79 bits per heavy atom. The van der Waals surface area contributed by atoms with Gasteiger partial charge in [0, 0.05) is 30.6 Å². The molecular weight excluding hydrogens is 336 g/mol. The zero-order valence-electron chi connectivity index (χ0n) is 12.6. The summed E-state index contributed by atoms with van der Waals surface area (Å²) >= 11 is 5.78. The molecule has 0 amide bonds. The summed E-state index contributed by atoms with van der Waals surface area (Å²) in [7, 11) is 0. The van der Waals surface area contributed by atoms with Gasteiger partial charge in [0.05, 0.1) is 5.52 Å². The highest BCUT2D eigenvalue weighted by atomic mass is 35.5. The van der Waals surface area contributed by atoms with Crippen LogP contribution in [0.3, 0.4) is 0 Å². The van der Waals surface area contributed by atoms with Crippen LogP contribution >= 0.6 is 11.6 Å². The molecule has 0 atom stereocenters. The molecule has 0 aliphatic rings. The van der Waals surface area contributed by atoms with Crippen molar-refractivity contribution in [3.8, 4) is 6.07 Å². The number of halogens is 3. The minimum absolute atomic E-state index is 0.191. The Kier molecular flexibility index (Phi) is 4.32. The molecule has 5 nitrogen and oxygen atoms in total. The fourth-order valence-electron chi connectivity index (χ4n) is 2.56. The Labute approximate surface area is 141 Å². The van der Waals surface area contributed by atoms with E-state index in [0.29, 0.717) is 40.7 Å². The van der Waals surface area contributed by atoms with Gasteiger partial charge in [-0.3, -0.25) is 0 Å². The number of hydrogen-bond donors (Lipinski definition) is 1. The van der Waals surface area contributed by atoms with Crippen molar-refractivity contribution in [1.29, 1.82) is 5.26 Å². The molecule has 2 heterocycles. The smallest absolute Gasteiger partial charge is 0.162 e. The Balaban J connectivity index is 1.90. The molecule has 0 saturated heterocycles. The quantitative estimate of drug-likeness (QED) is 0.731. The molecule has 0 aliphatic heterocycles. The number of nitriles is 1. The predicted octanol–water partition coefficient (Wildman–Crippen LogP) is 3.66. The van der Waals surface area contributed by atoms with Gasteiger partial charge in [-0.15, -0.1) is 0 Å². The number of rotatable bonds is 4. The third kappa shape index (κ3) is 2.88. The lowest BCUT2D eigenvalue weighted by molar-refractivity contribution is 0.505. The van der Waals surface area contributed by atoms with Gasteiger partial charge in [0.15, 0.2) is 11.6 Å².